The van der Waals surface area contributed by atoms with Crippen molar-refractivity contribution < 1.29 is 19.5 Å². The first-order valence-corrected chi connectivity index (χ1v) is 6.13. The highest BCUT2D eigenvalue weighted by Gasteiger charge is 2.23. The van der Waals surface area contributed by atoms with Gasteiger partial charge < -0.3 is 15.7 Å². The van der Waals surface area contributed by atoms with Gasteiger partial charge in [0.15, 0.2) is 0 Å². The quantitative estimate of drug-likeness (QED) is 0.693. The van der Waals surface area contributed by atoms with Gasteiger partial charge in [-0.2, -0.15) is 0 Å². The Balaban J connectivity index is 2.04. The number of amides is 2. The zero-order chi connectivity index (χ0) is 14.5. The van der Waals surface area contributed by atoms with Crippen molar-refractivity contribution >= 4 is 23.9 Å². The van der Waals surface area contributed by atoms with Gasteiger partial charge in [-0.15, -0.1) is 0 Å². The third-order valence-electron chi connectivity index (χ3n) is 2.88. The van der Waals surface area contributed by atoms with E-state index in [9.17, 15) is 14.4 Å². The molecule has 3 N–H and O–H groups in total. The van der Waals surface area contributed by atoms with Crippen LogP contribution in [0.5, 0.6) is 0 Å². The maximum atomic E-state index is 12.0. The van der Waals surface area contributed by atoms with E-state index < -0.39 is 5.97 Å². The number of nitrogens with one attached hydrogen (secondary N) is 2. The lowest BCUT2D eigenvalue weighted by Gasteiger charge is -2.10. The first kappa shape index (κ1) is 13.8. The zero-order valence-corrected chi connectivity index (χ0v) is 10.6. The van der Waals surface area contributed by atoms with Crippen molar-refractivity contribution in [1.29, 1.82) is 0 Å². The molecule has 6 heteroatoms. The summed E-state index contributed by atoms with van der Waals surface area (Å²) in [5.74, 6) is -1.40. The molecular formula is C14H14N2O4. The minimum atomic E-state index is -1.05. The Morgan fingerprint density at radius 2 is 2.20 bits per heavy atom. The molecule has 104 valence electrons. The molecule has 2 rings (SSSR count). The van der Waals surface area contributed by atoms with Gasteiger partial charge in [-0.3, -0.25) is 9.59 Å². The van der Waals surface area contributed by atoms with Crippen LogP contribution in [0, 0.1) is 0 Å². The Morgan fingerprint density at radius 3 is 2.85 bits per heavy atom. The Labute approximate surface area is 115 Å². The molecule has 1 saturated heterocycles. The van der Waals surface area contributed by atoms with Crippen LogP contribution in [0.3, 0.4) is 0 Å². The van der Waals surface area contributed by atoms with Crippen LogP contribution < -0.4 is 10.6 Å². The number of carboxylic acids is 1. The van der Waals surface area contributed by atoms with E-state index in [1.54, 1.807) is 24.3 Å². The number of carbonyl (C=O) groups is 3. The summed E-state index contributed by atoms with van der Waals surface area (Å²) >= 11 is 0. The molecule has 0 saturated carbocycles. The Hall–Kier alpha value is -2.63. The van der Waals surface area contributed by atoms with E-state index in [-0.39, 0.29) is 24.3 Å². The van der Waals surface area contributed by atoms with E-state index in [0.29, 0.717) is 17.7 Å². The van der Waals surface area contributed by atoms with Gasteiger partial charge >= 0.3 is 5.97 Å². The topological polar surface area (TPSA) is 95.5 Å². The van der Waals surface area contributed by atoms with E-state index >= 15 is 0 Å². The van der Waals surface area contributed by atoms with Crippen LogP contribution in [-0.2, 0) is 9.59 Å². The molecule has 0 spiro atoms. The van der Waals surface area contributed by atoms with Crippen molar-refractivity contribution in [1.82, 2.24) is 10.6 Å². The van der Waals surface area contributed by atoms with Crippen molar-refractivity contribution in [3.63, 3.8) is 0 Å². The molecule has 1 fully saturated rings. The summed E-state index contributed by atoms with van der Waals surface area (Å²) in [6, 6.07) is 6.41. The molecule has 1 aromatic rings. The van der Waals surface area contributed by atoms with Crippen LogP contribution in [0.15, 0.2) is 30.3 Å². The lowest BCUT2D eigenvalue weighted by atomic mass is 10.1. The third-order valence-corrected chi connectivity index (χ3v) is 2.88. The predicted octanol–water partition coefficient (Wildman–Crippen LogP) is 0.403. The van der Waals surface area contributed by atoms with Gasteiger partial charge in [0.1, 0.15) is 0 Å². The third kappa shape index (κ3) is 3.68. The molecule has 1 aromatic carbocycles. The molecule has 1 aliphatic rings. The van der Waals surface area contributed by atoms with Crippen LogP contribution in [0.25, 0.3) is 6.08 Å². The highest BCUT2D eigenvalue weighted by Crippen LogP contribution is 2.08. The van der Waals surface area contributed by atoms with Gasteiger partial charge in [-0.25, -0.2) is 4.79 Å². The first-order valence-electron chi connectivity index (χ1n) is 6.13. The van der Waals surface area contributed by atoms with Gasteiger partial charge in [0.25, 0.3) is 5.91 Å². The van der Waals surface area contributed by atoms with Gasteiger partial charge in [-0.05, 0) is 23.8 Å². The fraction of sp³-hybridized carbons (Fsp3) is 0.214. The van der Waals surface area contributed by atoms with Crippen molar-refractivity contribution in [3.8, 4) is 0 Å². The predicted molar refractivity (Wildman–Crippen MR) is 72.0 cm³/mol. The summed E-state index contributed by atoms with van der Waals surface area (Å²) in [5, 5.41) is 14.0. The minimum Gasteiger partial charge on any atom is -0.478 e. The van der Waals surface area contributed by atoms with Gasteiger partial charge in [0.2, 0.25) is 5.91 Å². The zero-order valence-electron chi connectivity index (χ0n) is 10.6. The van der Waals surface area contributed by atoms with E-state index in [0.717, 1.165) is 6.08 Å². The molecule has 0 radical (unpaired) electrons. The van der Waals surface area contributed by atoms with Crippen LogP contribution in [0.2, 0.25) is 0 Å². The highest BCUT2D eigenvalue weighted by molar-refractivity contribution is 5.96. The standard InChI is InChI=1S/C14H14N2O4/c17-12-7-11(8-15-12)16-14(20)10-3-1-2-9(6-10)4-5-13(18)19/h1-6,11H,7-8H2,(H,15,17)(H,16,20)(H,18,19)/b5-4+. The molecule has 20 heavy (non-hydrogen) atoms. The molecule has 0 aliphatic carbocycles. The molecule has 6 nitrogen and oxygen atoms in total. The van der Waals surface area contributed by atoms with Crippen LogP contribution in [-0.4, -0.2) is 35.5 Å². The molecular weight excluding hydrogens is 260 g/mol. The second kappa shape index (κ2) is 6.01. The van der Waals surface area contributed by atoms with E-state index in [1.807, 2.05) is 0 Å². The number of hydrogen-bond acceptors (Lipinski definition) is 3. The maximum Gasteiger partial charge on any atom is 0.328 e. The number of aliphatic carboxylic acids is 1. The molecule has 1 atom stereocenters. The number of hydrogen-bond donors (Lipinski definition) is 3. The summed E-state index contributed by atoms with van der Waals surface area (Å²) in [7, 11) is 0. The van der Waals surface area contributed by atoms with Gasteiger partial charge in [0.05, 0.1) is 6.04 Å². The maximum absolute atomic E-state index is 12.0. The highest BCUT2D eigenvalue weighted by atomic mass is 16.4. The SMILES string of the molecule is O=C(O)/C=C/c1cccc(C(=O)NC2CNC(=O)C2)c1. The van der Waals surface area contributed by atoms with Crippen molar-refractivity contribution in [2.24, 2.45) is 0 Å². The second-order valence-electron chi connectivity index (χ2n) is 4.48. The van der Waals surface area contributed by atoms with Crippen molar-refractivity contribution in [2.75, 3.05) is 6.54 Å². The monoisotopic (exact) mass is 274 g/mol. The molecule has 1 unspecified atom stereocenters. The molecule has 1 aliphatic heterocycles. The second-order valence-corrected chi connectivity index (χ2v) is 4.48. The molecule has 0 aromatic heterocycles. The lowest BCUT2D eigenvalue weighted by molar-refractivity contribution is -0.131. The Kier molecular flexibility index (Phi) is 4.14. The largest absolute Gasteiger partial charge is 0.478 e. The summed E-state index contributed by atoms with van der Waals surface area (Å²) in [6.45, 7) is 0.434. The summed E-state index contributed by atoms with van der Waals surface area (Å²) in [5.41, 5.74) is 1.05. The van der Waals surface area contributed by atoms with Crippen molar-refractivity contribution in [3.05, 3.63) is 41.5 Å². The molecule has 2 amide bonds. The van der Waals surface area contributed by atoms with Crippen LogP contribution >= 0.6 is 0 Å². The van der Waals surface area contributed by atoms with E-state index in [4.69, 9.17) is 5.11 Å². The van der Waals surface area contributed by atoms with Crippen LogP contribution in [0.1, 0.15) is 22.3 Å². The average molecular weight is 274 g/mol. The van der Waals surface area contributed by atoms with E-state index in [1.165, 1.54) is 6.08 Å². The Morgan fingerprint density at radius 1 is 1.40 bits per heavy atom. The number of rotatable bonds is 4. The minimum absolute atomic E-state index is 0.0755. The normalized spacial score (nSPS) is 18.0. The summed E-state index contributed by atoms with van der Waals surface area (Å²) < 4.78 is 0. The van der Waals surface area contributed by atoms with Crippen LogP contribution in [0.4, 0.5) is 0 Å². The number of carbonyl (C=O) groups excluding carboxylic acids is 2. The smallest absolute Gasteiger partial charge is 0.328 e. The summed E-state index contributed by atoms with van der Waals surface area (Å²) in [4.78, 5) is 33.5. The van der Waals surface area contributed by atoms with E-state index in [2.05, 4.69) is 10.6 Å². The van der Waals surface area contributed by atoms with Gasteiger partial charge in [-0.1, -0.05) is 12.1 Å². The number of carboxylic acid groups (broad SMARTS) is 1. The first-order chi connectivity index (χ1) is 9.54. The van der Waals surface area contributed by atoms with Gasteiger partial charge in [0, 0.05) is 24.6 Å². The average Bonchev–Trinajstić information content (AvgIpc) is 2.82. The lowest BCUT2D eigenvalue weighted by Crippen LogP contribution is -2.36. The fourth-order valence-electron chi connectivity index (χ4n) is 1.93. The number of benzene rings is 1. The molecule has 0 bridgehead atoms. The van der Waals surface area contributed by atoms with Crippen molar-refractivity contribution in [2.45, 2.75) is 12.5 Å². The summed E-state index contributed by atoms with van der Waals surface area (Å²) in [6.07, 6.45) is 2.71. The Bertz CT molecular complexity index is 580. The fourth-order valence-corrected chi connectivity index (χ4v) is 1.93. The molecule has 1 heterocycles.